The second-order valence-corrected chi connectivity index (χ2v) is 7.80. The van der Waals surface area contributed by atoms with E-state index in [1.165, 1.54) is 0 Å². The molecule has 2 rings (SSSR count). The van der Waals surface area contributed by atoms with Gasteiger partial charge in [0.1, 0.15) is 0 Å². The largest absolute Gasteiger partial charge is 0.395 e. The number of hydrogen-bond donors (Lipinski definition) is 2. The van der Waals surface area contributed by atoms with Crippen molar-refractivity contribution >= 4 is 21.8 Å². The number of rotatable bonds is 4. The third kappa shape index (κ3) is 4.48. The third-order valence-electron chi connectivity index (χ3n) is 3.22. The number of aliphatic hydroxyl groups is 1. The monoisotopic (exact) mass is 325 g/mol. The standard InChI is InChI=1S/C15H19NO3S2/c1-12-10-15(6-5-13(12)4-2-3-8-17)21(18,19)16-14-7-9-20-11-14/h5-6,10,14,16-17H,3,7-9,11H2,1H3. The Morgan fingerprint density at radius 1 is 1.48 bits per heavy atom. The van der Waals surface area contributed by atoms with E-state index in [0.717, 1.165) is 29.1 Å². The molecule has 114 valence electrons. The molecule has 1 fully saturated rings. The zero-order valence-corrected chi connectivity index (χ0v) is 13.6. The zero-order chi connectivity index (χ0) is 15.3. The van der Waals surface area contributed by atoms with Gasteiger partial charge in [0, 0.05) is 23.8 Å². The van der Waals surface area contributed by atoms with Gasteiger partial charge in [-0.05, 0) is 42.9 Å². The van der Waals surface area contributed by atoms with E-state index in [1.807, 2.05) is 6.92 Å². The first kappa shape index (κ1) is 16.4. The third-order valence-corrected chi connectivity index (χ3v) is 5.90. The summed E-state index contributed by atoms with van der Waals surface area (Å²) >= 11 is 1.77. The van der Waals surface area contributed by atoms with Crippen molar-refractivity contribution in [3.63, 3.8) is 0 Å². The molecule has 0 radical (unpaired) electrons. The maximum absolute atomic E-state index is 12.3. The van der Waals surface area contributed by atoms with Gasteiger partial charge in [-0.1, -0.05) is 11.8 Å². The molecule has 1 aromatic rings. The van der Waals surface area contributed by atoms with Crippen molar-refractivity contribution in [3.05, 3.63) is 29.3 Å². The highest BCUT2D eigenvalue weighted by molar-refractivity contribution is 7.99. The van der Waals surface area contributed by atoms with E-state index in [1.54, 1.807) is 30.0 Å². The van der Waals surface area contributed by atoms with E-state index in [-0.39, 0.29) is 17.5 Å². The maximum Gasteiger partial charge on any atom is 0.240 e. The Morgan fingerprint density at radius 3 is 2.90 bits per heavy atom. The molecular formula is C15H19NO3S2. The average molecular weight is 325 g/mol. The summed E-state index contributed by atoms with van der Waals surface area (Å²) in [6, 6.07) is 4.98. The first-order valence-electron chi connectivity index (χ1n) is 6.83. The lowest BCUT2D eigenvalue weighted by Crippen LogP contribution is -2.34. The molecule has 2 N–H and O–H groups in total. The van der Waals surface area contributed by atoms with Crippen LogP contribution in [0.5, 0.6) is 0 Å². The normalized spacial score (nSPS) is 18.3. The van der Waals surface area contributed by atoms with Gasteiger partial charge in [-0.2, -0.15) is 11.8 Å². The molecule has 1 saturated heterocycles. The second-order valence-electron chi connectivity index (χ2n) is 4.93. The van der Waals surface area contributed by atoms with E-state index >= 15 is 0 Å². The van der Waals surface area contributed by atoms with Gasteiger partial charge < -0.3 is 5.11 Å². The predicted octanol–water partition coefficient (Wildman–Crippen LogP) is 1.51. The van der Waals surface area contributed by atoms with Crippen LogP contribution in [0.25, 0.3) is 0 Å². The van der Waals surface area contributed by atoms with Crippen LogP contribution < -0.4 is 4.72 Å². The van der Waals surface area contributed by atoms with Gasteiger partial charge in [0.25, 0.3) is 0 Å². The number of sulfonamides is 1. The van der Waals surface area contributed by atoms with Crippen molar-refractivity contribution in [3.8, 4) is 11.8 Å². The predicted molar refractivity (Wildman–Crippen MR) is 85.8 cm³/mol. The molecular weight excluding hydrogens is 306 g/mol. The van der Waals surface area contributed by atoms with Crippen LogP contribution in [0, 0.1) is 18.8 Å². The van der Waals surface area contributed by atoms with Crippen molar-refractivity contribution < 1.29 is 13.5 Å². The summed E-state index contributed by atoms with van der Waals surface area (Å²) < 4.78 is 27.4. The molecule has 1 aliphatic heterocycles. The lowest BCUT2D eigenvalue weighted by atomic mass is 10.1. The molecule has 1 atom stereocenters. The summed E-state index contributed by atoms with van der Waals surface area (Å²) in [5, 5.41) is 8.71. The summed E-state index contributed by atoms with van der Waals surface area (Å²) in [5.74, 6) is 7.62. The summed E-state index contributed by atoms with van der Waals surface area (Å²) in [6.07, 6.45) is 1.30. The van der Waals surface area contributed by atoms with Crippen molar-refractivity contribution in [2.45, 2.75) is 30.7 Å². The van der Waals surface area contributed by atoms with E-state index in [2.05, 4.69) is 16.6 Å². The fraction of sp³-hybridized carbons (Fsp3) is 0.467. The van der Waals surface area contributed by atoms with Crippen molar-refractivity contribution in [1.29, 1.82) is 0 Å². The Balaban J connectivity index is 2.17. The Kier molecular flexibility index (Phi) is 5.71. The molecule has 1 aromatic carbocycles. The first-order valence-corrected chi connectivity index (χ1v) is 9.47. The van der Waals surface area contributed by atoms with Gasteiger partial charge in [-0.25, -0.2) is 13.1 Å². The number of thioether (sulfide) groups is 1. The molecule has 0 aromatic heterocycles. The quantitative estimate of drug-likeness (QED) is 0.824. The maximum atomic E-state index is 12.3. The lowest BCUT2D eigenvalue weighted by molar-refractivity contribution is 0.305. The van der Waals surface area contributed by atoms with Gasteiger partial charge in [0.2, 0.25) is 10.0 Å². The lowest BCUT2D eigenvalue weighted by Gasteiger charge is -2.12. The molecule has 4 nitrogen and oxygen atoms in total. The minimum Gasteiger partial charge on any atom is -0.395 e. The van der Waals surface area contributed by atoms with Crippen LogP contribution in [0.4, 0.5) is 0 Å². The van der Waals surface area contributed by atoms with Crippen molar-refractivity contribution in [1.82, 2.24) is 4.72 Å². The molecule has 1 aliphatic rings. The van der Waals surface area contributed by atoms with Gasteiger partial charge >= 0.3 is 0 Å². The Labute approximate surface area is 130 Å². The molecule has 0 spiro atoms. The number of benzene rings is 1. The van der Waals surface area contributed by atoms with Crippen LogP contribution in [-0.2, 0) is 10.0 Å². The van der Waals surface area contributed by atoms with E-state index < -0.39 is 10.0 Å². The van der Waals surface area contributed by atoms with Crippen LogP contribution in [0.2, 0.25) is 0 Å². The van der Waals surface area contributed by atoms with Crippen LogP contribution in [-0.4, -0.2) is 37.7 Å². The number of nitrogens with one attached hydrogen (secondary N) is 1. The fourth-order valence-electron chi connectivity index (χ4n) is 2.07. The highest BCUT2D eigenvalue weighted by Crippen LogP contribution is 2.20. The SMILES string of the molecule is Cc1cc(S(=O)(=O)NC2CCSC2)ccc1C#CCCO. The minimum absolute atomic E-state index is 0.0296. The average Bonchev–Trinajstić information content (AvgIpc) is 2.93. The highest BCUT2D eigenvalue weighted by atomic mass is 32.2. The molecule has 0 bridgehead atoms. The summed E-state index contributed by atoms with van der Waals surface area (Å²) in [4.78, 5) is 0.282. The molecule has 21 heavy (non-hydrogen) atoms. The molecule has 0 aliphatic carbocycles. The van der Waals surface area contributed by atoms with Crippen LogP contribution >= 0.6 is 11.8 Å². The summed E-state index contributed by atoms with van der Waals surface area (Å²) in [5.41, 5.74) is 1.61. The van der Waals surface area contributed by atoms with Crippen LogP contribution in [0.15, 0.2) is 23.1 Å². The van der Waals surface area contributed by atoms with Gasteiger partial charge in [-0.15, -0.1) is 0 Å². The van der Waals surface area contributed by atoms with Crippen LogP contribution in [0.1, 0.15) is 24.0 Å². The Bertz CT molecular complexity index is 653. The Morgan fingerprint density at radius 2 is 2.29 bits per heavy atom. The van der Waals surface area contributed by atoms with E-state index in [0.29, 0.717) is 6.42 Å². The topological polar surface area (TPSA) is 66.4 Å². The molecule has 6 heteroatoms. The minimum atomic E-state index is -3.46. The first-order chi connectivity index (χ1) is 10.0. The Hall–Kier alpha value is -1.00. The number of hydrogen-bond acceptors (Lipinski definition) is 4. The van der Waals surface area contributed by atoms with Crippen molar-refractivity contribution in [2.24, 2.45) is 0 Å². The van der Waals surface area contributed by atoms with E-state index in [4.69, 9.17) is 5.11 Å². The fourth-order valence-corrected chi connectivity index (χ4v) is 4.69. The zero-order valence-electron chi connectivity index (χ0n) is 11.9. The van der Waals surface area contributed by atoms with Crippen molar-refractivity contribution in [2.75, 3.05) is 18.1 Å². The molecule has 0 saturated carbocycles. The molecule has 0 amide bonds. The van der Waals surface area contributed by atoms with Gasteiger partial charge in [0.05, 0.1) is 11.5 Å². The molecule has 1 heterocycles. The number of aryl methyl sites for hydroxylation is 1. The van der Waals surface area contributed by atoms with Gasteiger partial charge in [0.15, 0.2) is 0 Å². The van der Waals surface area contributed by atoms with E-state index in [9.17, 15) is 8.42 Å². The second kappa shape index (κ2) is 7.32. The molecule has 1 unspecified atom stereocenters. The van der Waals surface area contributed by atoms with Crippen LogP contribution in [0.3, 0.4) is 0 Å². The summed E-state index contributed by atoms with van der Waals surface area (Å²) in [6.45, 7) is 1.87. The highest BCUT2D eigenvalue weighted by Gasteiger charge is 2.23. The number of aliphatic hydroxyl groups excluding tert-OH is 1. The summed E-state index contributed by atoms with van der Waals surface area (Å²) in [7, 11) is -3.46. The smallest absolute Gasteiger partial charge is 0.240 e. The van der Waals surface area contributed by atoms with Gasteiger partial charge in [-0.3, -0.25) is 0 Å².